The number of hydrogen-bond acceptors (Lipinski definition) is 3. The first-order valence-electron chi connectivity index (χ1n) is 6.74. The van der Waals surface area contributed by atoms with Crippen molar-refractivity contribution in [3.8, 4) is 0 Å². The van der Waals surface area contributed by atoms with Crippen LogP contribution in [0.3, 0.4) is 0 Å². The second-order valence-electron chi connectivity index (χ2n) is 5.14. The van der Waals surface area contributed by atoms with E-state index in [1.54, 1.807) is 12.1 Å². The highest BCUT2D eigenvalue weighted by Crippen LogP contribution is 2.32. The van der Waals surface area contributed by atoms with E-state index in [0.717, 1.165) is 5.56 Å². The van der Waals surface area contributed by atoms with Crippen molar-refractivity contribution in [3.63, 3.8) is 0 Å². The lowest BCUT2D eigenvalue weighted by Crippen LogP contribution is -2.03. The Morgan fingerprint density at radius 2 is 1.86 bits per heavy atom. The molecule has 2 aromatic rings. The molecule has 0 amide bonds. The van der Waals surface area contributed by atoms with Crippen LogP contribution < -0.4 is 5.32 Å². The molecule has 0 spiro atoms. The third-order valence-electron chi connectivity index (χ3n) is 3.30. The summed E-state index contributed by atoms with van der Waals surface area (Å²) in [5, 5.41) is 14.4. The van der Waals surface area contributed by atoms with Crippen LogP contribution in [0.2, 0.25) is 5.02 Å². The molecule has 0 aliphatic heterocycles. The van der Waals surface area contributed by atoms with E-state index in [9.17, 15) is 10.1 Å². The van der Waals surface area contributed by atoms with Crippen LogP contribution in [0.4, 0.5) is 11.4 Å². The zero-order valence-electron chi connectivity index (χ0n) is 12.0. The van der Waals surface area contributed by atoms with E-state index in [1.165, 1.54) is 11.6 Å². The summed E-state index contributed by atoms with van der Waals surface area (Å²) in [7, 11) is 0. The SMILES string of the molecule is CC(C)c1ccc(CNc2c(Cl)cccc2[N+](=O)[O-])cc1. The molecule has 0 atom stereocenters. The Morgan fingerprint density at radius 3 is 2.43 bits per heavy atom. The van der Waals surface area contributed by atoms with Gasteiger partial charge in [-0.05, 0) is 23.1 Å². The molecule has 5 heteroatoms. The fourth-order valence-electron chi connectivity index (χ4n) is 2.05. The van der Waals surface area contributed by atoms with Gasteiger partial charge in [0.1, 0.15) is 5.69 Å². The number of nitro benzene ring substituents is 1. The van der Waals surface area contributed by atoms with Gasteiger partial charge in [0, 0.05) is 12.6 Å². The maximum absolute atomic E-state index is 11.0. The molecule has 2 aromatic carbocycles. The number of nitrogens with zero attached hydrogens (tertiary/aromatic N) is 1. The Kier molecular flexibility index (Phi) is 4.81. The van der Waals surface area contributed by atoms with Crippen molar-refractivity contribution in [1.82, 2.24) is 0 Å². The predicted octanol–water partition coefficient (Wildman–Crippen LogP) is 4.98. The highest BCUT2D eigenvalue weighted by atomic mass is 35.5. The summed E-state index contributed by atoms with van der Waals surface area (Å²) in [6.45, 7) is 4.77. The summed E-state index contributed by atoms with van der Waals surface area (Å²) in [6.07, 6.45) is 0. The number of para-hydroxylation sites is 1. The van der Waals surface area contributed by atoms with E-state index >= 15 is 0 Å². The minimum absolute atomic E-state index is 0.0127. The van der Waals surface area contributed by atoms with Gasteiger partial charge in [-0.15, -0.1) is 0 Å². The number of nitro groups is 1. The summed E-state index contributed by atoms with van der Waals surface area (Å²) >= 11 is 6.04. The normalized spacial score (nSPS) is 10.7. The highest BCUT2D eigenvalue weighted by molar-refractivity contribution is 6.33. The molecule has 0 aliphatic rings. The monoisotopic (exact) mass is 304 g/mol. The molecule has 4 nitrogen and oxygen atoms in total. The van der Waals surface area contributed by atoms with E-state index in [2.05, 4.69) is 31.3 Å². The Hall–Kier alpha value is -2.07. The smallest absolute Gasteiger partial charge is 0.293 e. The number of anilines is 1. The molecule has 110 valence electrons. The van der Waals surface area contributed by atoms with Crippen LogP contribution in [-0.4, -0.2) is 4.92 Å². The van der Waals surface area contributed by atoms with Crippen LogP contribution in [0.15, 0.2) is 42.5 Å². The van der Waals surface area contributed by atoms with E-state index in [4.69, 9.17) is 11.6 Å². The Bertz CT molecular complexity index is 639. The number of nitrogens with one attached hydrogen (secondary N) is 1. The summed E-state index contributed by atoms with van der Waals surface area (Å²) in [6, 6.07) is 12.8. The fraction of sp³-hybridized carbons (Fsp3) is 0.250. The number of hydrogen-bond donors (Lipinski definition) is 1. The molecule has 0 radical (unpaired) electrons. The van der Waals surface area contributed by atoms with Crippen LogP contribution >= 0.6 is 11.6 Å². The van der Waals surface area contributed by atoms with Gasteiger partial charge in [0.2, 0.25) is 0 Å². The number of benzene rings is 2. The van der Waals surface area contributed by atoms with E-state index in [-0.39, 0.29) is 5.69 Å². The zero-order chi connectivity index (χ0) is 15.4. The topological polar surface area (TPSA) is 55.2 Å². The molecule has 0 fully saturated rings. The van der Waals surface area contributed by atoms with Crippen molar-refractivity contribution in [2.45, 2.75) is 26.3 Å². The minimum atomic E-state index is -0.434. The van der Waals surface area contributed by atoms with Crippen molar-refractivity contribution in [3.05, 3.63) is 68.7 Å². The van der Waals surface area contributed by atoms with Crippen LogP contribution in [0.5, 0.6) is 0 Å². The Balaban J connectivity index is 2.15. The molecular formula is C16H17ClN2O2. The second kappa shape index (κ2) is 6.59. The van der Waals surface area contributed by atoms with Gasteiger partial charge in [0.25, 0.3) is 5.69 Å². The van der Waals surface area contributed by atoms with Crippen LogP contribution in [0.1, 0.15) is 30.9 Å². The van der Waals surface area contributed by atoms with Gasteiger partial charge in [-0.3, -0.25) is 10.1 Å². The molecule has 0 heterocycles. The number of halogens is 1. The predicted molar refractivity (Wildman–Crippen MR) is 86.0 cm³/mol. The minimum Gasteiger partial charge on any atom is -0.374 e. The molecule has 2 rings (SSSR count). The molecule has 21 heavy (non-hydrogen) atoms. The molecule has 0 unspecified atom stereocenters. The van der Waals surface area contributed by atoms with Crippen LogP contribution in [-0.2, 0) is 6.54 Å². The molecule has 0 bridgehead atoms. The van der Waals surface area contributed by atoms with Gasteiger partial charge < -0.3 is 5.32 Å². The van der Waals surface area contributed by atoms with Gasteiger partial charge >= 0.3 is 0 Å². The molecule has 1 N–H and O–H groups in total. The van der Waals surface area contributed by atoms with Gasteiger partial charge in [-0.2, -0.15) is 0 Å². The van der Waals surface area contributed by atoms with Crippen molar-refractivity contribution in [2.75, 3.05) is 5.32 Å². The zero-order valence-corrected chi connectivity index (χ0v) is 12.7. The third-order valence-corrected chi connectivity index (χ3v) is 3.62. The second-order valence-corrected chi connectivity index (χ2v) is 5.55. The summed E-state index contributed by atoms with van der Waals surface area (Å²) in [4.78, 5) is 10.6. The Morgan fingerprint density at radius 1 is 1.19 bits per heavy atom. The maximum atomic E-state index is 11.0. The largest absolute Gasteiger partial charge is 0.374 e. The summed E-state index contributed by atoms with van der Waals surface area (Å²) in [5.74, 6) is 0.483. The number of rotatable bonds is 5. The molecule has 0 saturated carbocycles. The van der Waals surface area contributed by atoms with Gasteiger partial charge in [0.05, 0.1) is 9.95 Å². The summed E-state index contributed by atoms with van der Waals surface area (Å²) in [5.41, 5.74) is 2.66. The standard InChI is InChI=1S/C16H17ClN2O2/c1-11(2)13-8-6-12(7-9-13)10-18-16-14(17)4-3-5-15(16)19(20)21/h3-9,11,18H,10H2,1-2H3. The molecule has 0 saturated heterocycles. The third kappa shape index (κ3) is 3.73. The maximum Gasteiger partial charge on any atom is 0.293 e. The molecule has 0 aliphatic carbocycles. The first-order chi connectivity index (χ1) is 9.99. The first kappa shape index (κ1) is 15.3. The van der Waals surface area contributed by atoms with Gasteiger partial charge in [-0.25, -0.2) is 0 Å². The van der Waals surface area contributed by atoms with Crippen molar-refractivity contribution in [2.24, 2.45) is 0 Å². The first-order valence-corrected chi connectivity index (χ1v) is 7.12. The average molecular weight is 305 g/mol. The van der Waals surface area contributed by atoms with Crippen LogP contribution in [0.25, 0.3) is 0 Å². The van der Waals surface area contributed by atoms with E-state index < -0.39 is 4.92 Å². The van der Waals surface area contributed by atoms with Crippen molar-refractivity contribution < 1.29 is 4.92 Å². The van der Waals surface area contributed by atoms with E-state index in [1.807, 2.05) is 12.1 Å². The van der Waals surface area contributed by atoms with Gasteiger partial charge in [-0.1, -0.05) is 55.8 Å². The molecule has 0 aromatic heterocycles. The van der Waals surface area contributed by atoms with Crippen molar-refractivity contribution >= 4 is 23.0 Å². The Labute approximate surface area is 128 Å². The lowest BCUT2D eigenvalue weighted by molar-refractivity contribution is -0.383. The molecular weight excluding hydrogens is 288 g/mol. The lowest BCUT2D eigenvalue weighted by Gasteiger charge is -2.10. The van der Waals surface area contributed by atoms with Crippen molar-refractivity contribution in [1.29, 1.82) is 0 Å². The quantitative estimate of drug-likeness (QED) is 0.626. The highest BCUT2D eigenvalue weighted by Gasteiger charge is 2.16. The van der Waals surface area contributed by atoms with Gasteiger partial charge in [0.15, 0.2) is 0 Å². The van der Waals surface area contributed by atoms with E-state index in [0.29, 0.717) is 23.2 Å². The summed E-state index contributed by atoms with van der Waals surface area (Å²) < 4.78 is 0. The van der Waals surface area contributed by atoms with Crippen LogP contribution in [0, 0.1) is 10.1 Å². The fourth-order valence-corrected chi connectivity index (χ4v) is 2.29. The lowest BCUT2D eigenvalue weighted by atomic mass is 10.0. The average Bonchev–Trinajstić information content (AvgIpc) is 2.46.